The molecule has 0 unspecified atom stereocenters. The Kier molecular flexibility index (Phi) is 21.9. The lowest BCUT2D eigenvalue weighted by Crippen LogP contribution is -2.57. The topological polar surface area (TPSA) is 261 Å². The molecule has 0 saturated carbocycles. The van der Waals surface area contributed by atoms with Gasteiger partial charge in [0.15, 0.2) is 0 Å². The summed E-state index contributed by atoms with van der Waals surface area (Å²) in [5.74, 6) is -4.21. The fourth-order valence-corrected chi connectivity index (χ4v) is 5.19. The van der Waals surface area contributed by atoms with E-state index in [4.69, 9.17) is 17.2 Å². The molecule has 0 aliphatic carbocycles. The van der Waals surface area contributed by atoms with Gasteiger partial charge in [-0.25, -0.2) is 4.79 Å². The first-order chi connectivity index (χ1) is 23.8. The number of rotatable bonds is 26. The number of unbranched alkanes of at least 4 members (excludes halogenated alkanes) is 3. The maximum atomic E-state index is 13.6. The van der Waals surface area contributed by atoms with Gasteiger partial charge < -0.3 is 48.9 Å². The predicted octanol–water partition coefficient (Wildman–Crippen LogP) is 0.191. The maximum absolute atomic E-state index is 13.6. The summed E-state index contributed by atoms with van der Waals surface area (Å²) in [7, 11) is 0. The Labute approximate surface area is 296 Å². The molecule has 0 saturated heterocycles. The standard InChI is InChI=1S/C35H60N8O7/c1-4-5-16-27(35(49)50)41-33(47)26(17-10-12-19-37)40-30(44)22-39-32(46)28(20-23(2)3)43-34(48)29(21-24-13-7-6-8-14-24)42-31(45)25(38)15-9-11-18-36/h6-8,13-14,23,25-29H,4-5,9-12,15-22,36-38H2,1-3H3,(H,39,46)(H,40,44)(H,41,47)(H,42,45)(H,43,48)(H,49,50)/t25-,26-,27-,28-,29-/m0/s1. The van der Waals surface area contributed by atoms with Gasteiger partial charge in [-0.05, 0) is 69.5 Å². The Balaban J connectivity index is 3.01. The fraction of sp³-hybridized carbons (Fsp3) is 0.657. The van der Waals surface area contributed by atoms with E-state index in [-0.39, 0.29) is 31.6 Å². The number of nitrogens with two attached hydrogens (primary N) is 3. The number of carbonyl (C=O) groups excluding carboxylic acids is 5. The number of carboxylic acid groups (broad SMARTS) is 1. The smallest absolute Gasteiger partial charge is 0.326 e. The molecule has 50 heavy (non-hydrogen) atoms. The fourth-order valence-electron chi connectivity index (χ4n) is 5.19. The van der Waals surface area contributed by atoms with Gasteiger partial charge in [0.05, 0.1) is 12.6 Å². The number of hydrogen-bond acceptors (Lipinski definition) is 9. The van der Waals surface area contributed by atoms with Crippen molar-refractivity contribution in [2.24, 2.45) is 23.1 Å². The van der Waals surface area contributed by atoms with Gasteiger partial charge >= 0.3 is 5.97 Å². The maximum Gasteiger partial charge on any atom is 0.326 e. The monoisotopic (exact) mass is 704 g/mol. The SMILES string of the molecule is CCCC[C@H](NC(=O)[C@H](CCCCN)NC(=O)CNC(=O)[C@H](CC(C)C)NC(=O)[C@H](Cc1ccccc1)NC(=O)[C@@H](N)CCCCN)C(=O)O. The van der Waals surface area contributed by atoms with Gasteiger partial charge in [0.1, 0.15) is 24.2 Å². The molecule has 1 rings (SSSR count). The first-order valence-corrected chi connectivity index (χ1v) is 17.7. The second-order valence-corrected chi connectivity index (χ2v) is 13.0. The van der Waals surface area contributed by atoms with E-state index in [1.165, 1.54) is 0 Å². The number of aliphatic carboxylic acids is 1. The molecule has 0 bridgehead atoms. The third-order valence-corrected chi connectivity index (χ3v) is 8.04. The molecule has 0 heterocycles. The molecular weight excluding hydrogens is 644 g/mol. The van der Waals surface area contributed by atoms with Gasteiger partial charge in [0.2, 0.25) is 29.5 Å². The number of nitrogens with one attached hydrogen (secondary N) is 5. The van der Waals surface area contributed by atoms with E-state index in [1.807, 2.05) is 51.1 Å². The average molecular weight is 705 g/mol. The van der Waals surface area contributed by atoms with Crippen LogP contribution in [0.15, 0.2) is 30.3 Å². The van der Waals surface area contributed by atoms with Crippen LogP contribution in [0.3, 0.4) is 0 Å². The van der Waals surface area contributed by atoms with Gasteiger partial charge in [0.25, 0.3) is 0 Å². The highest BCUT2D eigenvalue weighted by Gasteiger charge is 2.30. The normalized spacial score (nSPS) is 14.1. The van der Waals surface area contributed by atoms with Crippen LogP contribution in [0.1, 0.15) is 90.5 Å². The van der Waals surface area contributed by atoms with E-state index in [0.717, 1.165) is 12.0 Å². The Morgan fingerprint density at radius 3 is 1.82 bits per heavy atom. The molecule has 12 N–H and O–H groups in total. The predicted molar refractivity (Wildman–Crippen MR) is 191 cm³/mol. The molecular formula is C35H60N8O7. The van der Waals surface area contributed by atoms with Crippen LogP contribution < -0.4 is 43.8 Å². The molecule has 5 atom stereocenters. The van der Waals surface area contributed by atoms with Gasteiger partial charge in [-0.1, -0.05) is 70.4 Å². The molecule has 282 valence electrons. The number of amides is 5. The summed E-state index contributed by atoms with van der Waals surface area (Å²) >= 11 is 0. The van der Waals surface area contributed by atoms with E-state index >= 15 is 0 Å². The summed E-state index contributed by atoms with van der Waals surface area (Å²) in [5.41, 5.74) is 18.0. The number of carbonyl (C=O) groups is 6. The van der Waals surface area contributed by atoms with Crippen molar-refractivity contribution in [3.63, 3.8) is 0 Å². The third kappa shape index (κ3) is 18.1. The molecule has 0 spiro atoms. The van der Waals surface area contributed by atoms with E-state index in [0.29, 0.717) is 51.6 Å². The van der Waals surface area contributed by atoms with E-state index in [1.54, 1.807) is 0 Å². The molecule has 0 aromatic heterocycles. The van der Waals surface area contributed by atoms with Crippen LogP contribution >= 0.6 is 0 Å². The van der Waals surface area contributed by atoms with Gasteiger partial charge in [-0.2, -0.15) is 0 Å². The lowest BCUT2D eigenvalue weighted by Gasteiger charge is -2.25. The first kappa shape index (κ1) is 43.9. The molecule has 5 amide bonds. The van der Waals surface area contributed by atoms with Crippen LogP contribution in [0, 0.1) is 5.92 Å². The second kappa shape index (κ2) is 25.0. The zero-order valence-corrected chi connectivity index (χ0v) is 29.9. The van der Waals surface area contributed by atoms with E-state index in [2.05, 4.69) is 26.6 Å². The number of hydrogen-bond donors (Lipinski definition) is 9. The molecule has 0 radical (unpaired) electrons. The Morgan fingerprint density at radius 2 is 1.24 bits per heavy atom. The Hall–Kier alpha value is -4.08. The highest BCUT2D eigenvalue weighted by molar-refractivity contribution is 5.95. The van der Waals surface area contributed by atoms with Crippen molar-refractivity contribution in [2.45, 2.75) is 122 Å². The summed E-state index contributed by atoms with van der Waals surface area (Å²) in [5, 5.41) is 22.7. The minimum atomic E-state index is -1.17. The molecule has 0 aliphatic rings. The number of benzene rings is 1. The van der Waals surface area contributed by atoms with Gasteiger partial charge in [0, 0.05) is 6.42 Å². The zero-order chi connectivity index (χ0) is 37.5. The van der Waals surface area contributed by atoms with Crippen molar-refractivity contribution in [2.75, 3.05) is 19.6 Å². The molecule has 1 aromatic rings. The van der Waals surface area contributed by atoms with Crippen LogP contribution in [0.2, 0.25) is 0 Å². The summed E-state index contributed by atoms with van der Waals surface area (Å²) < 4.78 is 0. The van der Waals surface area contributed by atoms with Crippen LogP contribution in [0.4, 0.5) is 0 Å². The van der Waals surface area contributed by atoms with Crippen molar-refractivity contribution in [1.82, 2.24) is 26.6 Å². The largest absolute Gasteiger partial charge is 0.480 e. The average Bonchev–Trinajstić information content (AvgIpc) is 3.07. The summed E-state index contributed by atoms with van der Waals surface area (Å²) in [6.07, 6.45) is 5.09. The molecule has 15 nitrogen and oxygen atoms in total. The van der Waals surface area contributed by atoms with Crippen molar-refractivity contribution in [3.05, 3.63) is 35.9 Å². The van der Waals surface area contributed by atoms with Crippen molar-refractivity contribution in [1.29, 1.82) is 0 Å². The van der Waals surface area contributed by atoms with Crippen molar-refractivity contribution >= 4 is 35.5 Å². The van der Waals surface area contributed by atoms with Crippen LogP contribution in [-0.4, -0.2) is 90.5 Å². The molecule has 0 fully saturated rings. The lowest BCUT2D eigenvalue weighted by atomic mass is 10.0. The Morgan fingerprint density at radius 1 is 0.680 bits per heavy atom. The highest BCUT2D eigenvalue weighted by Crippen LogP contribution is 2.10. The minimum absolute atomic E-state index is 0.0245. The molecule has 15 heteroatoms. The highest BCUT2D eigenvalue weighted by atomic mass is 16.4. The van der Waals surface area contributed by atoms with E-state index < -0.39 is 72.3 Å². The van der Waals surface area contributed by atoms with Crippen molar-refractivity contribution in [3.8, 4) is 0 Å². The Bertz CT molecular complexity index is 1200. The van der Waals surface area contributed by atoms with Gasteiger partial charge in [-0.3, -0.25) is 24.0 Å². The van der Waals surface area contributed by atoms with Gasteiger partial charge in [-0.15, -0.1) is 0 Å². The lowest BCUT2D eigenvalue weighted by molar-refractivity contribution is -0.142. The van der Waals surface area contributed by atoms with E-state index in [9.17, 15) is 33.9 Å². The first-order valence-electron chi connectivity index (χ1n) is 17.7. The molecule has 0 aliphatic heterocycles. The summed E-state index contributed by atoms with van der Waals surface area (Å²) in [4.78, 5) is 77.5. The van der Waals surface area contributed by atoms with Crippen LogP contribution in [0.5, 0.6) is 0 Å². The van der Waals surface area contributed by atoms with Crippen LogP contribution in [0.25, 0.3) is 0 Å². The quantitative estimate of drug-likeness (QED) is 0.0591. The molecule has 1 aromatic carbocycles. The summed E-state index contributed by atoms with van der Waals surface area (Å²) in [6, 6.07) is 4.05. The number of carboxylic acids is 1. The summed E-state index contributed by atoms with van der Waals surface area (Å²) in [6.45, 7) is 6.02. The second-order valence-electron chi connectivity index (χ2n) is 13.0. The third-order valence-electron chi connectivity index (χ3n) is 8.04. The zero-order valence-electron chi connectivity index (χ0n) is 29.9. The van der Waals surface area contributed by atoms with Crippen molar-refractivity contribution < 1.29 is 33.9 Å². The minimum Gasteiger partial charge on any atom is -0.480 e. The van der Waals surface area contributed by atoms with Crippen LogP contribution in [-0.2, 0) is 35.2 Å².